The molecular weight excluding hydrogens is 332 g/mol. The highest BCUT2D eigenvalue weighted by atomic mass is 79.9. The summed E-state index contributed by atoms with van der Waals surface area (Å²) in [5, 5.41) is 4.39. The molecular formula is C15H21BrN4O. The van der Waals surface area contributed by atoms with E-state index in [0.29, 0.717) is 0 Å². The molecule has 0 saturated carbocycles. The summed E-state index contributed by atoms with van der Waals surface area (Å²) in [6.45, 7) is 2.97. The van der Waals surface area contributed by atoms with Crippen LogP contribution in [-0.2, 0) is 13.0 Å². The Kier molecular flexibility index (Phi) is 5.78. The maximum Gasteiger partial charge on any atom is 0.161 e. The van der Waals surface area contributed by atoms with Crippen molar-refractivity contribution in [2.45, 2.75) is 32.4 Å². The zero-order valence-corrected chi connectivity index (χ0v) is 13.9. The molecule has 0 saturated heterocycles. The molecule has 21 heavy (non-hydrogen) atoms. The molecule has 0 spiro atoms. The lowest BCUT2D eigenvalue weighted by atomic mass is 10.0. The number of ether oxygens (including phenoxy) is 1. The van der Waals surface area contributed by atoms with Gasteiger partial charge in [0.05, 0.1) is 25.0 Å². The fraction of sp³-hybridized carbons (Fsp3) is 0.400. The van der Waals surface area contributed by atoms with Crippen LogP contribution in [0.15, 0.2) is 34.9 Å². The molecule has 114 valence electrons. The maximum atomic E-state index is 5.77. The van der Waals surface area contributed by atoms with Gasteiger partial charge in [-0.3, -0.25) is 16.0 Å². The number of aromatic nitrogens is 2. The Balaban J connectivity index is 2.27. The van der Waals surface area contributed by atoms with Crippen molar-refractivity contribution in [3.8, 4) is 5.75 Å². The predicted molar refractivity (Wildman–Crippen MR) is 87.0 cm³/mol. The summed E-state index contributed by atoms with van der Waals surface area (Å²) in [6, 6.07) is 8.19. The van der Waals surface area contributed by atoms with E-state index < -0.39 is 0 Å². The van der Waals surface area contributed by atoms with E-state index in [4.69, 9.17) is 10.6 Å². The van der Waals surface area contributed by atoms with Gasteiger partial charge in [0, 0.05) is 11.0 Å². The SMILES string of the molecule is CCCn1ncc(OC)c1C(Cc1ccc(Br)cc1)NN. The highest BCUT2D eigenvalue weighted by Crippen LogP contribution is 2.27. The van der Waals surface area contributed by atoms with Gasteiger partial charge in [-0.05, 0) is 30.5 Å². The molecule has 1 unspecified atom stereocenters. The molecule has 0 fully saturated rings. The van der Waals surface area contributed by atoms with E-state index >= 15 is 0 Å². The van der Waals surface area contributed by atoms with E-state index in [-0.39, 0.29) is 6.04 Å². The van der Waals surface area contributed by atoms with Crippen molar-refractivity contribution in [2.24, 2.45) is 5.84 Å². The minimum atomic E-state index is -0.0461. The first-order valence-electron chi connectivity index (χ1n) is 6.99. The number of nitrogens with two attached hydrogens (primary N) is 1. The first-order valence-corrected chi connectivity index (χ1v) is 7.79. The number of halogens is 1. The lowest BCUT2D eigenvalue weighted by molar-refractivity contribution is 0.389. The minimum absolute atomic E-state index is 0.0461. The van der Waals surface area contributed by atoms with Crippen molar-refractivity contribution in [3.63, 3.8) is 0 Å². The fourth-order valence-electron chi connectivity index (χ4n) is 2.37. The maximum absolute atomic E-state index is 5.77. The molecule has 3 N–H and O–H groups in total. The third-order valence-corrected chi connectivity index (χ3v) is 3.91. The van der Waals surface area contributed by atoms with Gasteiger partial charge in [-0.1, -0.05) is 35.0 Å². The third-order valence-electron chi connectivity index (χ3n) is 3.38. The Morgan fingerprint density at radius 1 is 1.38 bits per heavy atom. The highest BCUT2D eigenvalue weighted by molar-refractivity contribution is 9.10. The van der Waals surface area contributed by atoms with Gasteiger partial charge in [-0.2, -0.15) is 5.10 Å². The molecule has 1 aromatic heterocycles. The van der Waals surface area contributed by atoms with Crippen LogP contribution in [0.5, 0.6) is 5.75 Å². The number of aryl methyl sites for hydroxylation is 1. The molecule has 0 radical (unpaired) electrons. The molecule has 1 heterocycles. The Hall–Kier alpha value is -1.37. The van der Waals surface area contributed by atoms with Crippen molar-refractivity contribution in [1.82, 2.24) is 15.2 Å². The first-order chi connectivity index (χ1) is 10.2. The Bertz CT molecular complexity index is 568. The summed E-state index contributed by atoms with van der Waals surface area (Å²) in [5.41, 5.74) is 5.08. The summed E-state index contributed by atoms with van der Waals surface area (Å²) in [7, 11) is 1.66. The second-order valence-corrected chi connectivity index (χ2v) is 5.79. The normalized spacial score (nSPS) is 12.4. The standard InChI is InChI=1S/C15H21BrN4O/c1-3-8-20-15(14(21-2)10-18-20)13(19-17)9-11-4-6-12(16)7-5-11/h4-7,10,13,19H,3,8-9,17H2,1-2H3. The second kappa shape index (κ2) is 7.59. The number of hydrazine groups is 1. The summed E-state index contributed by atoms with van der Waals surface area (Å²) < 4.78 is 8.45. The van der Waals surface area contributed by atoms with Crippen LogP contribution < -0.4 is 16.0 Å². The van der Waals surface area contributed by atoms with E-state index in [2.05, 4.69) is 45.5 Å². The molecule has 0 aliphatic heterocycles. The van der Waals surface area contributed by atoms with Gasteiger partial charge in [0.1, 0.15) is 0 Å². The van der Waals surface area contributed by atoms with Crippen LogP contribution in [-0.4, -0.2) is 16.9 Å². The number of nitrogens with one attached hydrogen (secondary N) is 1. The topological polar surface area (TPSA) is 65.1 Å². The van der Waals surface area contributed by atoms with Gasteiger partial charge < -0.3 is 4.74 Å². The monoisotopic (exact) mass is 352 g/mol. The minimum Gasteiger partial charge on any atom is -0.493 e. The molecule has 0 amide bonds. The average Bonchev–Trinajstić information content (AvgIpc) is 2.90. The van der Waals surface area contributed by atoms with Crippen LogP contribution >= 0.6 is 15.9 Å². The van der Waals surface area contributed by atoms with Crippen molar-refractivity contribution in [3.05, 3.63) is 46.2 Å². The lowest BCUT2D eigenvalue weighted by Crippen LogP contribution is -2.31. The Labute approximate surface area is 133 Å². The van der Waals surface area contributed by atoms with Crippen LogP contribution in [0.25, 0.3) is 0 Å². The number of methoxy groups -OCH3 is 1. The molecule has 5 nitrogen and oxygen atoms in total. The average molecular weight is 353 g/mol. The molecule has 0 aliphatic rings. The summed E-state index contributed by atoms with van der Waals surface area (Å²) >= 11 is 3.45. The van der Waals surface area contributed by atoms with Crippen molar-refractivity contribution in [2.75, 3.05) is 7.11 Å². The predicted octanol–water partition coefficient (Wildman–Crippen LogP) is 2.81. The zero-order valence-electron chi connectivity index (χ0n) is 12.3. The van der Waals surface area contributed by atoms with Crippen LogP contribution in [0, 0.1) is 0 Å². The number of hydrogen-bond donors (Lipinski definition) is 2. The van der Waals surface area contributed by atoms with Gasteiger partial charge in [0.15, 0.2) is 5.75 Å². The molecule has 2 aromatic rings. The van der Waals surface area contributed by atoms with Gasteiger partial charge in [0.25, 0.3) is 0 Å². The number of hydrogen-bond acceptors (Lipinski definition) is 4. The molecule has 1 atom stereocenters. The van der Waals surface area contributed by atoms with E-state index in [1.54, 1.807) is 13.3 Å². The van der Waals surface area contributed by atoms with Crippen molar-refractivity contribution in [1.29, 1.82) is 0 Å². The Morgan fingerprint density at radius 3 is 2.67 bits per heavy atom. The van der Waals surface area contributed by atoms with Crippen LogP contribution in [0.4, 0.5) is 0 Å². The highest BCUT2D eigenvalue weighted by Gasteiger charge is 2.21. The first kappa shape index (κ1) is 16.0. The largest absolute Gasteiger partial charge is 0.493 e. The van der Waals surface area contributed by atoms with Gasteiger partial charge in [-0.15, -0.1) is 0 Å². The molecule has 1 aromatic carbocycles. The third kappa shape index (κ3) is 3.84. The Morgan fingerprint density at radius 2 is 2.10 bits per heavy atom. The van der Waals surface area contributed by atoms with Crippen LogP contribution in [0.2, 0.25) is 0 Å². The van der Waals surface area contributed by atoms with E-state index in [1.807, 2.05) is 16.8 Å². The van der Waals surface area contributed by atoms with Crippen LogP contribution in [0.3, 0.4) is 0 Å². The smallest absolute Gasteiger partial charge is 0.161 e. The second-order valence-electron chi connectivity index (χ2n) is 4.87. The van der Waals surface area contributed by atoms with Gasteiger partial charge in [-0.25, -0.2) is 0 Å². The van der Waals surface area contributed by atoms with Gasteiger partial charge in [0.2, 0.25) is 0 Å². The molecule has 0 bridgehead atoms. The number of rotatable bonds is 7. The van der Waals surface area contributed by atoms with E-state index in [0.717, 1.165) is 35.3 Å². The molecule has 0 aliphatic carbocycles. The summed E-state index contributed by atoms with van der Waals surface area (Å²) in [5.74, 6) is 6.54. The van der Waals surface area contributed by atoms with Crippen molar-refractivity contribution >= 4 is 15.9 Å². The molecule has 2 rings (SSSR count). The zero-order chi connectivity index (χ0) is 15.2. The summed E-state index contributed by atoms with van der Waals surface area (Å²) in [4.78, 5) is 0. The summed E-state index contributed by atoms with van der Waals surface area (Å²) in [6.07, 6.45) is 3.53. The fourth-order valence-corrected chi connectivity index (χ4v) is 2.63. The lowest BCUT2D eigenvalue weighted by Gasteiger charge is -2.19. The number of benzene rings is 1. The van der Waals surface area contributed by atoms with E-state index in [9.17, 15) is 0 Å². The quantitative estimate of drug-likeness (QED) is 0.594. The number of nitrogens with zero attached hydrogens (tertiary/aromatic N) is 2. The van der Waals surface area contributed by atoms with Crippen molar-refractivity contribution < 1.29 is 4.74 Å². The van der Waals surface area contributed by atoms with Gasteiger partial charge >= 0.3 is 0 Å². The van der Waals surface area contributed by atoms with Crippen LogP contribution in [0.1, 0.15) is 30.6 Å². The molecule has 6 heteroatoms. The van der Waals surface area contributed by atoms with E-state index in [1.165, 1.54) is 5.56 Å².